The summed E-state index contributed by atoms with van der Waals surface area (Å²) in [5.41, 5.74) is 0.534. The van der Waals surface area contributed by atoms with Gasteiger partial charge in [0.05, 0.1) is 22.2 Å². The van der Waals surface area contributed by atoms with Crippen molar-refractivity contribution in [2.24, 2.45) is 10.2 Å². The second-order valence-corrected chi connectivity index (χ2v) is 10.4. The SMILES string of the molecule is CCOc1cc(NC(=O)c2cc3ccccc3c(N=Nc3ccc(CC)c(S(=O)(=O)O)c3Cl)c2O)ccc1Cl. The van der Waals surface area contributed by atoms with Gasteiger partial charge in [0, 0.05) is 17.1 Å². The van der Waals surface area contributed by atoms with E-state index in [0.717, 1.165) is 0 Å². The van der Waals surface area contributed by atoms with Crippen LogP contribution in [0, 0.1) is 0 Å². The monoisotopic (exact) mass is 587 g/mol. The van der Waals surface area contributed by atoms with E-state index in [-0.39, 0.29) is 22.0 Å². The topological polar surface area (TPSA) is 138 Å². The quantitative estimate of drug-likeness (QED) is 0.142. The molecule has 0 unspecified atom stereocenters. The van der Waals surface area contributed by atoms with Crippen molar-refractivity contribution in [3.8, 4) is 11.5 Å². The number of fused-ring (bicyclic) bond motifs is 1. The number of halogens is 2. The van der Waals surface area contributed by atoms with Gasteiger partial charge in [-0.1, -0.05) is 60.5 Å². The summed E-state index contributed by atoms with van der Waals surface area (Å²) < 4.78 is 39.0. The summed E-state index contributed by atoms with van der Waals surface area (Å²) in [4.78, 5) is 12.7. The van der Waals surface area contributed by atoms with Crippen LogP contribution in [0.4, 0.5) is 17.1 Å². The van der Waals surface area contributed by atoms with Crippen LogP contribution in [0.2, 0.25) is 10.0 Å². The molecule has 0 saturated carbocycles. The molecule has 4 aromatic carbocycles. The zero-order chi connectivity index (χ0) is 28.3. The Labute approximate surface area is 234 Å². The molecule has 0 aliphatic carbocycles. The highest BCUT2D eigenvalue weighted by molar-refractivity contribution is 7.86. The van der Waals surface area contributed by atoms with Gasteiger partial charge in [0.15, 0.2) is 5.75 Å². The number of nitrogens with zero attached hydrogens (tertiary/aromatic N) is 2. The summed E-state index contributed by atoms with van der Waals surface area (Å²) in [5, 5.41) is 23.2. The lowest BCUT2D eigenvalue weighted by atomic mass is 10.0. The van der Waals surface area contributed by atoms with Crippen LogP contribution in [0.1, 0.15) is 29.8 Å². The highest BCUT2D eigenvalue weighted by Crippen LogP contribution is 2.41. The first kappa shape index (κ1) is 28.3. The van der Waals surface area contributed by atoms with Crippen molar-refractivity contribution in [3.63, 3.8) is 0 Å². The maximum Gasteiger partial charge on any atom is 0.296 e. The van der Waals surface area contributed by atoms with Crippen LogP contribution in [0.25, 0.3) is 10.8 Å². The van der Waals surface area contributed by atoms with Crippen LogP contribution >= 0.6 is 23.2 Å². The highest BCUT2D eigenvalue weighted by atomic mass is 35.5. The number of rotatable bonds is 8. The number of aryl methyl sites for hydroxylation is 1. The fourth-order valence-electron chi connectivity index (χ4n) is 3.96. The Bertz CT molecular complexity index is 1720. The van der Waals surface area contributed by atoms with Gasteiger partial charge >= 0.3 is 0 Å². The maximum absolute atomic E-state index is 13.2. The standard InChI is InChI=1S/C27H23Cl2N3O6S/c1-3-15-9-12-21(23(29)26(15)39(35,36)37)31-32-24-18-8-6-5-7-16(18)13-19(25(24)33)27(34)30-17-10-11-20(28)22(14-17)38-4-2/h5-14,33H,3-4H2,1-2H3,(H,30,34)(H,35,36,37). The molecule has 4 rings (SSSR count). The Kier molecular flexibility index (Phi) is 8.41. The summed E-state index contributed by atoms with van der Waals surface area (Å²) in [6.45, 7) is 3.90. The lowest BCUT2D eigenvalue weighted by Crippen LogP contribution is -2.12. The number of phenols is 1. The third-order valence-corrected chi connectivity index (χ3v) is 7.57. The molecule has 0 fully saturated rings. The molecule has 0 atom stereocenters. The molecule has 4 aromatic rings. The minimum atomic E-state index is -4.63. The number of aromatic hydroxyl groups is 1. The molecule has 0 saturated heterocycles. The summed E-state index contributed by atoms with van der Waals surface area (Å²) in [6.07, 6.45) is 0.300. The molecule has 39 heavy (non-hydrogen) atoms. The third-order valence-electron chi connectivity index (χ3n) is 5.78. The number of anilines is 1. The normalized spacial score (nSPS) is 11.7. The average Bonchev–Trinajstić information content (AvgIpc) is 2.89. The molecule has 9 nitrogen and oxygen atoms in total. The first-order valence-corrected chi connectivity index (χ1v) is 13.9. The van der Waals surface area contributed by atoms with Crippen molar-refractivity contribution in [1.82, 2.24) is 0 Å². The Morgan fingerprint density at radius 3 is 2.46 bits per heavy atom. The first-order valence-electron chi connectivity index (χ1n) is 11.7. The molecular formula is C27H23Cl2N3O6S. The first-order chi connectivity index (χ1) is 18.5. The van der Waals surface area contributed by atoms with Gasteiger partial charge in [0.1, 0.15) is 22.0 Å². The molecule has 3 N–H and O–H groups in total. The predicted octanol–water partition coefficient (Wildman–Crippen LogP) is 7.73. The van der Waals surface area contributed by atoms with Crippen LogP contribution in [0.3, 0.4) is 0 Å². The summed E-state index contributed by atoms with van der Waals surface area (Å²) >= 11 is 12.4. The lowest BCUT2D eigenvalue weighted by molar-refractivity contribution is 0.102. The summed E-state index contributed by atoms with van der Waals surface area (Å²) in [6, 6.07) is 16.1. The molecule has 0 radical (unpaired) electrons. The second kappa shape index (κ2) is 11.6. The maximum atomic E-state index is 13.2. The Morgan fingerprint density at radius 1 is 1.03 bits per heavy atom. The second-order valence-electron chi connectivity index (χ2n) is 8.29. The minimum Gasteiger partial charge on any atom is -0.505 e. The molecule has 0 heterocycles. The summed E-state index contributed by atoms with van der Waals surface area (Å²) in [7, 11) is -4.63. The van der Waals surface area contributed by atoms with Gasteiger partial charge in [-0.15, -0.1) is 10.2 Å². The molecular weight excluding hydrogens is 565 g/mol. The zero-order valence-corrected chi connectivity index (χ0v) is 23.1. The van der Waals surface area contributed by atoms with Gasteiger partial charge in [-0.2, -0.15) is 8.42 Å². The van der Waals surface area contributed by atoms with Crippen LogP contribution in [-0.2, 0) is 16.5 Å². The van der Waals surface area contributed by atoms with Gasteiger partial charge in [0.2, 0.25) is 0 Å². The van der Waals surface area contributed by atoms with Crippen molar-refractivity contribution < 1.29 is 27.6 Å². The predicted molar refractivity (Wildman–Crippen MR) is 151 cm³/mol. The Balaban J connectivity index is 1.79. The molecule has 0 spiro atoms. The summed E-state index contributed by atoms with van der Waals surface area (Å²) in [5.74, 6) is -0.687. The van der Waals surface area contributed by atoms with Crippen LogP contribution < -0.4 is 10.1 Å². The van der Waals surface area contributed by atoms with Crippen molar-refractivity contribution in [2.45, 2.75) is 25.2 Å². The minimum absolute atomic E-state index is 0.0339. The number of carbonyl (C=O) groups is 1. The van der Waals surface area contributed by atoms with E-state index in [2.05, 4.69) is 15.5 Å². The van der Waals surface area contributed by atoms with Crippen molar-refractivity contribution in [3.05, 3.63) is 81.8 Å². The number of phenolic OH excluding ortho intramolecular Hbond substituents is 1. The molecule has 0 aliphatic heterocycles. The van der Waals surface area contributed by atoms with E-state index >= 15 is 0 Å². The Hall–Kier alpha value is -3.70. The number of nitrogens with one attached hydrogen (secondary N) is 1. The highest BCUT2D eigenvalue weighted by Gasteiger charge is 2.23. The fraction of sp³-hybridized carbons (Fsp3) is 0.148. The van der Waals surface area contributed by atoms with Crippen LogP contribution in [0.5, 0.6) is 11.5 Å². The van der Waals surface area contributed by atoms with Crippen molar-refractivity contribution in [1.29, 1.82) is 0 Å². The van der Waals surface area contributed by atoms with Crippen LogP contribution in [-0.4, -0.2) is 30.6 Å². The van der Waals surface area contributed by atoms with Crippen molar-refractivity contribution in [2.75, 3.05) is 11.9 Å². The third kappa shape index (κ3) is 5.99. The molecule has 0 aromatic heterocycles. The van der Waals surface area contributed by atoms with Gasteiger partial charge in [0.25, 0.3) is 16.0 Å². The number of hydrogen-bond donors (Lipinski definition) is 3. The zero-order valence-electron chi connectivity index (χ0n) is 20.8. The number of azo groups is 1. The number of carbonyl (C=O) groups excluding carboxylic acids is 1. The van der Waals surface area contributed by atoms with E-state index in [0.29, 0.717) is 45.8 Å². The molecule has 0 aliphatic rings. The molecule has 0 bridgehead atoms. The van der Waals surface area contributed by atoms with E-state index in [4.69, 9.17) is 27.9 Å². The van der Waals surface area contributed by atoms with Gasteiger partial charge in [-0.05, 0) is 48.6 Å². The van der Waals surface area contributed by atoms with E-state index in [9.17, 15) is 22.9 Å². The number of hydrogen-bond acceptors (Lipinski definition) is 7. The van der Waals surface area contributed by atoms with Gasteiger partial charge in [-0.25, -0.2) is 0 Å². The van der Waals surface area contributed by atoms with Crippen LogP contribution in [0.15, 0.2) is 75.8 Å². The van der Waals surface area contributed by atoms with Crippen molar-refractivity contribution >= 4 is 67.1 Å². The number of amides is 1. The largest absolute Gasteiger partial charge is 0.505 e. The fourth-order valence-corrected chi connectivity index (χ4v) is 5.52. The van der Waals surface area contributed by atoms with E-state index in [1.54, 1.807) is 56.3 Å². The number of ether oxygens (including phenoxy) is 1. The average molecular weight is 588 g/mol. The smallest absolute Gasteiger partial charge is 0.296 e. The molecule has 202 valence electrons. The molecule has 12 heteroatoms. The molecule has 1 amide bonds. The lowest BCUT2D eigenvalue weighted by Gasteiger charge is -2.13. The Morgan fingerprint density at radius 2 is 1.77 bits per heavy atom. The van der Waals surface area contributed by atoms with E-state index in [1.165, 1.54) is 18.2 Å². The van der Waals surface area contributed by atoms with Gasteiger partial charge < -0.3 is 15.2 Å². The van der Waals surface area contributed by atoms with E-state index < -0.39 is 26.7 Å². The van der Waals surface area contributed by atoms with Gasteiger partial charge in [-0.3, -0.25) is 9.35 Å². The number of benzene rings is 4. The van der Waals surface area contributed by atoms with E-state index in [1.807, 2.05) is 0 Å².